The van der Waals surface area contributed by atoms with E-state index in [-0.39, 0.29) is 0 Å². The quantitative estimate of drug-likeness (QED) is 0.588. The van der Waals surface area contributed by atoms with Crippen molar-refractivity contribution in [3.63, 3.8) is 0 Å². The first kappa shape index (κ1) is 8.05. The molecule has 2 aliphatic rings. The van der Waals surface area contributed by atoms with Gasteiger partial charge in [0.1, 0.15) is 0 Å². The van der Waals surface area contributed by atoms with E-state index >= 15 is 0 Å². The maximum absolute atomic E-state index is 7.80. The van der Waals surface area contributed by atoms with Gasteiger partial charge in [0.05, 0.1) is 0 Å². The Hall–Kier alpha value is -1.06. The molecule has 2 aliphatic carbocycles. The van der Waals surface area contributed by atoms with Gasteiger partial charge in [-0.15, -0.1) is 6.58 Å². The summed E-state index contributed by atoms with van der Waals surface area (Å²) in [6.45, 7) is 3.06. The first-order valence-electron chi connectivity index (χ1n) is 3.33. The Morgan fingerprint density at radius 1 is 1.27 bits per heavy atom. The van der Waals surface area contributed by atoms with Gasteiger partial charge >= 0.3 is 7.12 Å². The highest BCUT2D eigenvalue weighted by molar-refractivity contribution is 6.47. The molecule has 0 bridgehead atoms. The second-order valence-electron chi connectivity index (χ2n) is 2.23. The summed E-state index contributed by atoms with van der Waals surface area (Å²) >= 11 is 0. The van der Waals surface area contributed by atoms with Crippen LogP contribution < -0.4 is 0 Å². The fourth-order valence-electron chi connectivity index (χ4n) is 0.676. The Morgan fingerprint density at radius 3 is 1.82 bits per heavy atom. The van der Waals surface area contributed by atoms with E-state index in [1.54, 1.807) is 0 Å². The molecule has 3 heteroatoms. The lowest BCUT2D eigenvalue weighted by Gasteiger charge is -1.75. The average molecular weight is 148 g/mol. The van der Waals surface area contributed by atoms with Crippen molar-refractivity contribution < 1.29 is 10.0 Å². The molecule has 56 valence electrons. The molecular weight excluding hydrogens is 139 g/mol. The van der Waals surface area contributed by atoms with Crippen LogP contribution in [0.1, 0.15) is 0 Å². The highest BCUT2D eigenvalue weighted by Crippen LogP contribution is 2.32. The van der Waals surface area contributed by atoms with E-state index in [2.05, 4.69) is 30.8 Å². The molecule has 0 aliphatic heterocycles. The minimum Gasteiger partial charge on any atom is -0.424 e. The SMILES string of the molecule is C=CB(O)O.c1cc2cc-2c1. The average Bonchev–Trinajstić information content (AvgIpc) is 2.61. The monoisotopic (exact) mass is 148 g/mol. The van der Waals surface area contributed by atoms with Crippen LogP contribution in [0.15, 0.2) is 36.8 Å². The molecule has 0 fully saturated rings. The highest BCUT2D eigenvalue weighted by atomic mass is 16.4. The topological polar surface area (TPSA) is 40.5 Å². The van der Waals surface area contributed by atoms with Crippen molar-refractivity contribution in [2.24, 2.45) is 0 Å². The lowest BCUT2D eigenvalue weighted by Crippen LogP contribution is -2.03. The van der Waals surface area contributed by atoms with Crippen LogP contribution >= 0.6 is 0 Å². The number of hydrogen-bond donors (Lipinski definition) is 2. The summed E-state index contributed by atoms with van der Waals surface area (Å²) in [4.78, 5) is 0. The van der Waals surface area contributed by atoms with Crippen LogP contribution in [0, 0.1) is 0 Å². The minimum absolute atomic E-state index is 1.03. The molecule has 0 spiro atoms. The number of rotatable bonds is 1. The van der Waals surface area contributed by atoms with Crippen LogP contribution in [0.5, 0.6) is 0 Å². The third-order valence-corrected chi connectivity index (χ3v) is 1.32. The van der Waals surface area contributed by atoms with Crippen LogP contribution in [-0.4, -0.2) is 17.2 Å². The zero-order valence-corrected chi connectivity index (χ0v) is 6.07. The van der Waals surface area contributed by atoms with Crippen molar-refractivity contribution in [3.05, 3.63) is 36.8 Å². The van der Waals surface area contributed by atoms with Gasteiger partial charge in [-0.25, -0.2) is 0 Å². The molecule has 0 amide bonds. The third-order valence-electron chi connectivity index (χ3n) is 1.32. The van der Waals surface area contributed by atoms with Crippen LogP contribution in [0.3, 0.4) is 0 Å². The summed E-state index contributed by atoms with van der Waals surface area (Å²) in [7, 11) is -1.35. The van der Waals surface area contributed by atoms with Gasteiger partial charge in [0, 0.05) is 0 Å². The van der Waals surface area contributed by atoms with Crippen LogP contribution in [0.4, 0.5) is 0 Å². The predicted molar refractivity (Wildman–Crippen MR) is 45.8 cm³/mol. The van der Waals surface area contributed by atoms with Gasteiger partial charge in [-0.05, 0) is 17.2 Å². The molecule has 11 heavy (non-hydrogen) atoms. The van der Waals surface area contributed by atoms with Crippen molar-refractivity contribution in [1.29, 1.82) is 0 Å². The minimum atomic E-state index is -1.35. The van der Waals surface area contributed by atoms with Gasteiger partial charge in [0.25, 0.3) is 0 Å². The molecule has 2 N–H and O–H groups in total. The number of fused-ring (bicyclic) bond motifs is 1. The molecule has 0 atom stereocenters. The molecule has 0 aromatic heterocycles. The van der Waals surface area contributed by atoms with Crippen LogP contribution in [0.2, 0.25) is 0 Å². The van der Waals surface area contributed by atoms with E-state index in [4.69, 9.17) is 10.0 Å². The van der Waals surface area contributed by atoms with E-state index in [1.807, 2.05) is 0 Å². The molecule has 0 saturated carbocycles. The second-order valence-corrected chi connectivity index (χ2v) is 2.23. The fourth-order valence-corrected chi connectivity index (χ4v) is 0.676. The van der Waals surface area contributed by atoms with Crippen LogP contribution in [0.25, 0.3) is 11.1 Å². The molecule has 2 nitrogen and oxygen atoms in total. The summed E-state index contributed by atoms with van der Waals surface area (Å²) in [6, 6.07) is 8.48. The Kier molecular flexibility index (Phi) is 2.46. The van der Waals surface area contributed by atoms with Crippen LogP contribution in [-0.2, 0) is 0 Å². The zero-order chi connectivity index (χ0) is 8.27. The van der Waals surface area contributed by atoms with Gasteiger partial charge in [0.2, 0.25) is 0 Å². The Morgan fingerprint density at radius 2 is 1.73 bits per heavy atom. The second kappa shape index (κ2) is 3.37. The predicted octanol–water partition coefficient (Wildman–Crippen LogP) is 0.851. The lowest BCUT2D eigenvalue weighted by atomic mass is 9.94. The normalized spacial score (nSPS) is 9.27. The lowest BCUT2D eigenvalue weighted by molar-refractivity contribution is 0.424. The van der Waals surface area contributed by atoms with E-state index in [9.17, 15) is 0 Å². The van der Waals surface area contributed by atoms with Crippen molar-refractivity contribution in [1.82, 2.24) is 0 Å². The van der Waals surface area contributed by atoms with Crippen molar-refractivity contribution in [2.75, 3.05) is 0 Å². The molecule has 0 unspecified atom stereocenters. The number of benzene rings is 1. The Bertz CT molecular complexity index is 241. The largest absolute Gasteiger partial charge is 0.480 e. The standard InChI is InChI=1S/C6H4.C2H5BO2/c1-2-5-4-6(5)3-1;1-2-3(4)5/h1-4H;2,4-5H,1H2. The molecule has 0 aromatic rings. The summed E-state index contributed by atoms with van der Waals surface area (Å²) < 4.78 is 0. The number of hydrogen-bond acceptors (Lipinski definition) is 2. The van der Waals surface area contributed by atoms with Crippen molar-refractivity contribution >= 4 is 7.12 Å². The molecule has 0 saturated heterocycles. The van der Waals surface area contributed by atoms with Gasteiger partial charge in [-0.1, -0.05) is 24.2 Å². The smallest absolute Gasteiger partial charge is 0.424 e. The maximum Gasteiger partial charge on any atom is 0.480 e. The first-order valence-corrected chi connectivity index (χ1v) is 3.33. The van der Waals surface area contributed by atoms with E-state index in [1.165, 1.54) is 11.1 Å². The van der Waals surface area contributed by atoms with Gasteiger partial charge in [0.15, 0.2) is 0 Å². The van der Waals surface area contributed by atoms with Crippen molar-refractivity contribution in [3.8, 4) is 11.1 Å². The van der Waals surface area contributed by atoms with Crippen molar-refractivity contribution in [2.45, 2.75) is 0 Å². The third kappa shape index (κ3) is 2.57. The van der Waals surface area contributed by atoms with E-state index < -0.39 is 7.12 Å². The Balaban J connectivity index is 0.000000114. The highest BCUT2D eigenvalue weighted by Gasteiger charge is 2.06. The van der Waals surface area contributed by atoms with E-state index in [0.717, 1.165) is 5.98 Å². The molecule has 0 heterocycles. The molecule has 0 radical (unpaired) electrons. The fraction of sp³-hybridized carbons (Fsp3) is 0. The van der Waals surface area contributed by atoms with Gasteiger partial charge < -0.3 is 10.0 Å². The summed E-state index contributed by atoms with van der Waals surface area (Å²) in [5, 5.41) is 15.6. The van der Waals surface area contributed by atoms with Gasteiger partial charge in [-0.2, -0.15) is 0 Å². The zero-order valence-electron chi connectivity index (χ0n) is 6.07. The molecule has 0 aromatic carbocycles. The molecular formula is C8H9BO2. The Labute approximate surface area is 66.0 Å². The van der Waals surface area contributed by atoms with Gasteiger partial charge in [-0.3, -0.25) is 0 Å². The summed E-state index contributed by atoms with van der Waals surface area (Å²) in [5.74, 6) is 1.03. The van der Waals surface area contributed by atoms with E-state index in [0.29, 0.717) is 0 Å². The first-order chi connectivity index (χ1) is 5.24. The maximum atomic E-state index is 7.80. The summed E-state index contributed by atoms with van der Waals surface area (Å²) in [5.41, 5.74) is 2.85. The molecule has 2 rings (SSSR count). The summed E-state index contributed by atoms with van der Waals surface area (Å²) in [6.07, 6.45) is 0.